The van der Waals surface area contributed by atoms with Gasteiger partial charge in [0.2, 0.25) is 0 Å². The molecular formula is C12H15BrO. The highest BCUT2D eigenvalue weighted by Gasteiger charge is 2.32. The summed E-state index contributed by atoms with van der Waals surface area (Å²) in [4.78, 5) is 0. The molecule has 0 saturated carbocycles. The van der Waals surface area contributed by atoms with Crippen LogP contribution in [0.5, 0.6) is 5.75 Å². The van der Waals surface area contributed by atoms with Crippen molar-refractivity contribution >= 4 is 15.9 Å². The average Bonchev–Trinajstić information content (AvgIpc) is 2.38. The van der Waals surface area contributed by atoms with E-state index in [2.05, 4.69) is 49.7 Å². The van der Waals surface area contributed by atoms with Crippen LogP contribution in [-0.4, -0.2) is 5.60 Å². The van der Waals surface area contributed by atoms with Gasteiger partial charge in [-0.25, -0.2) is 0 Å². The van der Waals surface area contributed by atoms with Crippen molar-refractivity contribution in [2.75, 3.05) is 0 Å². The first kappa shape index (κ1) is 10.0. The molecule has 0 fully saturated rings. The van der Waals surface area contributed by atoms with E-state index in [4.69, 9.17) is 4.74 Å². The maximum Gasteiger partial charge on any atom is 0.126 e. The predicted octanol–water partition coefficient (Wildman–Crippen LogP) is 3.78. The highest BCUT2D eigenvalue weighted by Crippen LogP contribution is 2.41. The Kier molecular flexibility index (Phi) is 2.15. The highest BCUT2D eigenvalue weighted by molar-refractivity contribution is 9.10. The summed E-state index contributed by atoms with van der Waals surface area (Å²) in [6.45, 7) is 8.52. The fourth-order valence-electron chi connectivity index (χ4n) is 2.01. The van der Waals surface area contributed by atoms with Gasteiger partial charge in [-0.2, -0.15) is 0 Å². The molecule has 2 heteroatoms. The Hall–Kier alpha value is -0.500. The number of ether oxygens (including phenoxy) is 1. The molecule has 0 spiro atoms. The van der Waals surface area contributed by atoms with Gasteiger partial charge in [0.15, 0.2) is 0 Å². The van der Waals surface area contributed by atoms with E-state index < -0.39 is 0 Å². The molecule has 1 aliphatic heterocycles. The first-order valence-electron chi connectivity index (χ1n) is 4.88. The lowest BCUT2D eigenvalue weighted by Gasteiger charge is -2.17. The molecule has 1 heterocycles. The molecule has 0 N–H and O–H groups in total. The molecule has 2 rings (SSSR count). The fraction of sp³-hybridized carbons (Fsp3) is 0.500. The van der Waals surface area contributed by atoms with Crippen LogP contribution in [0.25, 0.3) is 0 Å². The lowest BCUT2D eigenvalue weighted by molar-refractivity contribution is 0.137. The van der Waals surface area contributed by atoms with Crippen molar-refractivity contribution in [3.8, 4) is 5.75 Å². The Bertz CT molecular complexity index is 394. The Balaban J connectivity index is 2.61. The molecule has 0 atom stereocenters. The van der Waals surface area contributed by atoms with E-state index in [0.717, 1.165) is 12.2 Å². The van der Waals surface area contributed by atoms with Crippen molar-refractivity contribution in [3.05, 3.63) is 27.2 Å². The maximum absolute atomic E-state index is 5.94. The van der Waals surface area contributed by atoms with Gasteiger partial charge < -0.3 is 4.74 Å². The molecular weight excluding hydrogens is 240 g/mol. The van der Waals surface area contributed by atoms with Gasteiger partial charge in [-0.3, -0.25) is 0 Å². The van der Waals surface area contributed by atoms with Gasteiger partial charge in [-0.05, 0) is 44.9 Å². The Morgan fingerprint density at radius 3 is 2.64 bits per heavy atom. The third-order valence-electron chi connectivity index (χ3n) is 2.77. The van der Waals surface area contributed by atoms with E-state index in [1.54, 1.807) is 0 Å². The first-order valence-corrected chi connectivity index (χ1v) is 5.67. The number of fused-ring (bicyclic) bond motifs is 1. The van der Waals surface area contributed by atoms with Crippen LogP contribution in [0.15, 0.2) is 10.5 Å². The summed E-state index contributed by atoms with van der Waals surface area (Å²) >= 11 is 3.58. The van der Waals surface area contributed by atoms with Crippen LogP contribution in [0.4, 0.5) is 0 Å². The molecule has 76 valence electrons. The van der Waals surface area contributed by atoms with Gasteiger partial charge in [0.1, 0.15) is 11.4 Å². The lowest BCUT2D eigenvalue weighted by Crippen LogP contribution is -2.24. The van der Waals surface area contributed by atoms with Crippen molar-refractivity contribution in [2.24, 2.45) is 0 Å². The maximum atomic E-state index is 5.94. The van der Waals surface area contributed by atoms with E-state index in [-0.39, 0.29) is 5.60 Å². The summed E-state index contributed by atoms with van der Waals surface area (Å²) in [7, 11) is 0. The van der Waals surface area contributed by atoms with Gasteiger partial charge in [0.25, 0.3) is 0 Å². The molecule has 0 amide bonds. The van der Waals surface area contributed by atoms with Crippen LogP contribution in [0.1, 0.15) is 30.5 Å². The standard InChI is InChI=1S/C12H15BrO/c1-7-5-10(13)8(2)9-6-12(3,4)14-11(7)9/h5H,6H2,1-4H3. The quantitative estimate of drug-likeness (QED) is 0.685. The number of hydrogen-bond donors (Lipinski definition) is 0. The second-order valence-electron chi connectivity index (χ2n) is 4.65. The summed E-state index contributed by atoms with van der Waals surface area (Å²) in [6.07, 6.45) is 1.01. The van der Waals surface area contributed by atoms with Crippen molar-refractivity contribution in [2.45, 2.75) is 39.7 Å². The zero-order chi connectivity index (χ0) is 10.5. The predicted molar refractivity (Wildman–Crippen MR) is 62.0 cm³/mol. The summed E-state index contributed by atoms with van der Waals surface area (Å²) in [6, 6.07) is 2.13. The van der Waals surface area contributed by atoms with Crippen molar-refractivity contribution in [3.63, 3.8) is 0 Å². The Morgan fingerprint density at radius 1 is 1.36 bits per heavy atom. The van der Waals surface area contributed by atoms with E-state index >= 15 is 0 Å². The molecule has 0 bridgehead atoms. The molecule has 1 aromatic carbocycles. The third kappa shape index (κ3) is 1.46. The molecule has 1 aromatic rings. The Labute approximate surface area is 93.6 Å². The summed E-state index contributed by atoms with van der Waals surface area (Å²) < 4.78 is 7.13. The van der Waals surface area contributed by atoms with Gasteiger partial charge in [-0.1, -0.05) is 15.9 Å². The summed E-state index contributed by atoms with van der Waals surface area (Å²) in [5.74, 6) is 1.09. The summed E-state index contributed by atoms with van der Waals surface area (Å²) in [5.41, 5.74) is 3.86. The van der Waals surface area contributed by atoms with Crippen molar-refractivity contribution in [1.82, 2.24) is 0 Å². The molecule has 0 aliphatic carbocycles. The van der Waals surface area contributed by atoms with Crippen LogP contribution in [0, 0.1) is 13.8 Å². The van der Waals surface area contributed by atoms with Gasteiger partial charge in [0, 0.05) is 16.5 Å². The minimum absolute atomic E-state index is 0.0430. The highest BCUT2D eigenvalue weighted by atomic mass is 79.9. The smallest absolute Gasteiger partial charge is 0.126 e. The van der Waals surface area contributed by atoms with E-state index in [1.807, 2.05) is 0 Å². The number of halogens is 1. The van der Waals surface area contributed by atoms with E-state index in [0.29, 0.717) is 0 Å². The number of aryl methyl sites for hydroxylation is 1. The largest absolute Gasteiger partial charge is 0.487 e. The lowest BCUT2D eigenvalue weighted by atomic mass is 9.97. The minimum Gasteiger partial charge on any atom is -0.487 e. The number of hydrogen-bond acceptors (Lipinski definition) is 1. The zero-order valence-electron chi connectivity index (χ0n) is 9.07. The number of rotatable bonds is 0. The van der Waals surface area contributed by atoms with Crippen molar-refractivity contribution in [1.29, 1.82) is 0 Å². The van der Waals surface area contributed by atoms with Gasteiger partial charge >= 0.3 is 0 Å². The summed E-state index contributed by atoms with van der Waals surface area (Å²) in [5, 5.41) is 0. The molecule has 0 saturated heterocycles. The van der Waals surface area contributed by atoms with Gasteiger partial charge in [0.05, 0.1) is 0 Å². The first-order chi connectivity index (χ1) is 6.41. The number of benzene rings is 1. The van der Waals surface area contributed by atoms with Crippen LogP contribution >= 0.6 is 15.9 Å². The monoisotopic (exact) mass is 254 g/mol. The van der Waals surface area contributed by atoms with E-state index in [9.17, 15) is 0 Å². The molecule has 0 aromatic heterocycles. The molecule has 14 heavy (non-hydrogen) atoms. The van der Waals surface area contributed by atoms with Gasteiger partial charge in [-0.15, -0.1) is 0 Å². The van der Waals surface area contributed by atoms with Crippen molar-refractivity contribution < 1.29 is 4.74 Å². The zero-order valence-corrected chi connectivity index (χ0v) is 10.7. The third-order valence-corrected chi connectivity index (χ3v) is 3.59. The van der Waals surface area contributed by atoms with Crippen LogP contribution < -0.4 is 4.74 Å². The second-order valence-corrected chi connectivity index (χ2v) is 5.50. The van der Waals surface area contributed by atoms with E-state index in [1.165, 1.54) is 21.2 Å². The normalized spacial score (nSPS) is 17.8. The molecule has 0 unspecified atom stereocenters. The minimum atomic E-state index is -0.0430. The SMILES string of the molecule is Cc1cc(Br)c(C)c2c1OC(C)(C)C2. The average molecular weight is 255 g/mol. The van der Waals surface area contributed by atoms with Crippen LogP contribution in [-0.2, 0) is 6.42 Å². The fourth-order valence-corrected chi connectivity index (χ4v) is 2.59. The molecule has 1 aliphatic rings. The van der Waals surface area contributed by atoms with Crippen LogP contribution in [0.2, 0.25) is 0 Å². The molecule has 1 nitrogen and oxygen atoms in total. The Morgan fingerprint density at radius 2 is 2.00 bits per heavy atom. The second kappa shape index (κ2) is 2.99. The van der Waals surface area contributed by atoms with Crippen LogP contribution in [0.3, 0.4) is 0 Å². The topological polar surface area (TPSA) is 9.23 Å². The molecule has 0 radical (unpaired) electrons.